The van der Waals surface area contributed by atoms with Crippen molar-refractivity contribution >= 4 is 22.9 Å². The Morgan fingerprint density at radius 1 is 1.75 bits per heavy atom. The van der Waals surface area contributed by atoms with Crippen molar-refractivity contribution in [3.05, 3.63) is 21.3 Å². The molecule has 3 atom stereocenters. The van der Waals surface area contributed by atoms with Gasteiger partial charge in [0.15, 0.2) is 0 Å². The Morgan fingerprint density at radius 2 is 2.42 bits per heavy atom. The van der Waals surface area contributed by atoms with E-state index in [-0.39, 0.29) is 6.10 Å². The van der Waals surface area contributed by atoms with E-state index in [4.69, 9.17) is 11.6 Å². The fourth-order valence-electron chi connectivity index (χ4n) is 1.50. The predicted octanol–water partition coefficient (Wildman–Crippen LogP) is 3.09. The van der Waals surface area contributed by atoms with Crippen molar-refractivity contribution in [3.63, 3.8) is 0 Å². The molecule has 66 valence electrons. The number of halogens is 1. The first kappa shape index (κ1) is 8.54. The second kappa shape index (κ2) is 3.02. The molecule has 0 saturated heterocycles. The van der Waals surface area contributed by atoms with E-state index in [0.29, 0.717) is 16.9 Å². The Labute approximate surface area is 81.0 Å². The molecule has 12 heavy (non-hydrogen) atoms. The summed E-state index contributed by atoms with van der Waals surface area (Å²) in [7, 11) is 0. The Kier molecular flexibility index (Phi) is 2.15. The molecule has 2 rings (SSSR count). The molecule has 0 radical (unpaired) electrons. The van der Waals surface area contributed by atoms with Gasteiger partial charge in [-0.15, -0.1) is 11.3 Å². The van der Waals surface area contributed by atoms with Crippen LogP contribution in [0.25, 0.3) is 0 Å². The van der Waals surface area contributed by atoms with Crippen molar-refractivity contribution in [3.8, 4) is 0 Å². The maximum Gasteiger partial charge on any atom is 0.0927 e. The first-order chi connectivity index (χ1) is 5.70. The van der Waals surface area contributed by atoms with Crippen LogP contribution in [0.4, 0.5) is 0 Å². The Hall–Kier alpha value is -0.0500. The van der Waals surface area contributed by atoms with Gasteiger partial charge in [-0.1, -0.05) is 18.5 Å². The standard InChI is InChI=1S/C9H11ClOS/c1-5-4-6(5)8(11)9-7(10)2-3-12-9/h2-3,5-6,8,11H,4H2,1H3. The van der Waals surface area contributed by atoms with Crippen LogP contribution in [-0.2, 0) is 0 Å². The molecular weight excluding hydrogens is 192 g/mol. The molecule has 3 heteroatoms. The van der Waals surface area contributed by atoms with Crippen molar-refractivity contribution < 1.29 is 5.11 Å². The minimum Gasteiger partial charge on any atom is -0.387 e. The highest BCUT2D eigenvalue weighted by Gasteiger charge is 2.40. The molecule has 1 N–H and O–H groups in total. The van der Waals surface area contributed by atoms with Crippen molar-refractivity contribution in [2.45, 2.75) is 19.4 Å². The van der Waals surface area contributed by atoms with Crippen LogP contribution < -0.4 is 0 Å². The molecule has 0 aliphatic heterocycles. The molecular formula is C9H11ClOS. The molecule has 3 unspecified atom stereocenters. The largest absolute Gasteiger partial charge is 0.387 e. The van der Waals surface area contributed by atoms with Crippen LogP contribution in [0.5, 0.6) is 0 Å². The van der Waals surface area contributed by atoms with Gasteiger partial charge in [0.2, 0.25) is 0 Å². The molecule has 0 bridgehead atoms. The summed E-state index contributed by atoms with van der Waals surface area (Å²) in [6, 6.07) is 1.85. The lowest BCUT2D eigenvalue weighted by atomic mass is 10.2. The summed E-state index contributed by atoms with van der Waals surface area (Å²) < 4.78 is 0. The van der Waals surface area contributed by atoms with Crippen LogP contribution in [0.3, 0.4) is 0 Å². The molecule has 0 aromatic carbocycles. The van der Waals surface area contributed by atoms with Crippen LogP contribution in [-0.4, -0.2) is 5.11 Å². The van der Waals surface area contributed by atoms with E-state index in [1.807, 2.05) is 11.4 Å². The highest BCUT2D eigenvalue weighted by atomic mass is 35.5. The molecule has 1 nitrogen and oxygen atoms in total. The quantitative estimate of drug-likeness (QED) is 0.782. The van der Waals surface area contributed by atoms with Crippen LogP contribution in [0, 0.1) is 11.8 Å². The van der Waals surface area contributed by atoms with E-state index in [0.717, 1.165) is 11.3 Å². The number of thiophene rings is 1. The molecule has 0 spiro atoms. The lowest BCUT2D eigenvalue weighted by Crippen LogP contribution is -1.98. The monoisotopic (exact) mass is 202 g/mol. The number of hydrogen-bond acceptors (Lipinski definition) is 2. The topological polar surface area (TPSA) is 20.2 Å². The zero-order valence-electron chi connectivity index (χ0n) is 6.83. The smallest absolute Gasteiger partial charge is 0.0927 e. The first-order valence-electron chi connectivity index (χ1n) is 4.11. The van der Waals surface area contributed by atoms with Crippen LogP contribution in [0.1, 0.15) is 24.3 Å². The highest BCUT2D eigenvalue weighted by Crippen LogP contribution is 2.49. The van der Waals surface area contributed by atoms with E-state index in [9.17, 15) is 5.11 Å². The fraction of sp³-hybridized carbons (Fsp3) is 0.556. The maximum atomic E-state index is 9.83. The minimum atomic E-state index is -0.326. The Bertz CT molecular complexity index is 284. The zero-order valence-corrected chi connectivity index (χ0v) is 8.40. The average Bonchev–Trinajstić information content (AvgIpc) is 2.59. The zero-order chi connectivity index (χ0) is 8.72. The molecule has 1 saturated carbocycles. The number of rotatable bonds is 2. The summed E-state index contributed by atoms with van der Waals surface area (Å²) in [5, 5.41) is 12.5. The van der Waals surface area contributed by atoms with Crippen molar-refractivity contribution in [2.24, 2.45) is 11.8 Å². The highest BCUT2D eigenvalue weighted by molar-refractivity contribution is 7.10. The van der Waals surface area contributed by atoms with Gasteiger partial charge in [0.05, 0.1) is 16.0 Å². The summed E-state index contributed by atoms with van der Waals surface area (Å²) in [6.45, 7) is 2.16. The summed E-state index contributed by atoms with van der Waals surface area (Å²) in [5.74, 6) is 1.11. The number of aliphatic hydroxyl groups excluding tert-OH is 1. The third-order valence-corrected chi connectivity index (χ3v) is 3.92. The summed E-state index contributed by atoms with van der Waals surface area (Å²) in [5.41, 5.74) is 0. The van der Waals surface area contributed by atoms with E-state index in [1.54, 1.807) is 11.3 Å². The van der Waals surface area contributed by atoms with Crippen molar-refractivity contribution in [2.75, 3.05) is 0 Å². The molecule has 1 fully saturated rings. The van der Waals surface area contributed by atoms with Gasteiger partial charge in [-0.3, -0.25) is 0 Å². The van der Waals surface area contributed by atoms with Crippen LogP contribution in [0.15, 0.2) is 11.4 Å². The summed E-state index contributed by atoms with van der Waals surface area (Å²) in [6.07, 6.45) is 0.808. The SMILES string of the molecule is CC1CC1C(O)c1sccc1Cl. The van der Waals surface area contributed by atoms with Crippen LogP contribution in [0.2, 0.25) is 5.02 Å². The van der Waals surface area contributed by atoms with E-state index < -0.39 is 0 Å². The second-order valence-electron chi connectivity index (χ2n) is 3.45. The van der Waals surface area contributed by atoms with Gasteiger partial charge in [-0.2, -0.15) is 0 Å². The van der Waals surface area contributed by atoms with Gasteiger partial charge < -0.3 is 5.11 Å². The molecule has 1 heterocycles. The van der Waals surface area contributed by atoms with Crippen molar-refractivity contribution in [1.82, 2.24) is 0 Å². The summed E-state index contributed by atoms with van der Waals surface area (Å²) in [4.78, 5) is 0.936. The van der Waals surface area contributed by atoms with Crippen molar-refractivity contribution in [1.29, 1.82) is 0 Å². The molecule has 1 aromatic rings. The third kappa shape index (κ3) is 1.39. The van der Waals surface area contributed by atoms with Crippen LogP contribution >= 0.6 is 22.9 Å². The Morgan fingerprint density at radius 3 is 2.83 bits per heavy atom. The van der Waals surface area contributed by atoms with Gasteiger partial charge in [-0.05, 0) is 29.7 Å². The third-order valence-electron chi connectivity index (χ3n) is 2.49. The lowest BCUT2D eigenvalue weighted by molar-refractivity contribution is 0.152. The summed E-state index contributed by atoms with van der Waals surface area (Å²) >= 11 is 7.45. The van der Waals surface area contributed by atoms with E-state index >= 15 is 0 Å². The number of aliphatic hydroxyl groups is 1. The lowest BCUT2D eigenvalue weighted by Gasteiger charge is -2.07. The van der Waals surface area contributed by atoms with Gasteiger partial charge >= 0.3 is 0 Å². The van der Waals surface area contributed by atoms with Gasteiger partial charge in [0.1, 0.15) is 0 Å². The van der Waals surface area contributed by atoms with E-state index in [1.165, 1.54) is 0 Å². The molecule has 0 amide bonds. The fourth-order valence-corrected chi connectivity index (χ4v) is 2.73. The van der Waals surface area contributed by atoms with E-state index in [2.05, 4.69) is 6.92 Å². The average molecular weight is 203 g/mol. The number of hydrogen-bond donors (Lipinski definition) is 1. The second-order valence-corrected chi connectivity index (χ2v) is 4.81. The molecule has 1 aliphatic rings. The molecule has 1 aliphatic carbocycles. The molecule has 1 aromatic heterocycles. The first-order valence-corrected chi connectivity index (χ1v) is 5.37. The Balaban J connectivity index is 2.14. The predicted molar refractivity (Wildman–Crippen MR) is 51.6 cm³/mol. The van der Waals surface area contributed by atoms with Gasteiger partial charge in [0.25, 0.3) is 0 Å². The van der Waals surface area contributed by atoms with Gasteiger partial charge in [-0.25, -0.2) is 0 Å². The normalized spacial score (nSPS) is 30.2. The van der Waals surface area contributed by atoms with Gasteiger partial charge in [0, 0.05) is 0 Å². The minimum absolute atomic E-state index is 0.326. The maximum absolute atomic E-state index is 9.83.